The lowest BCUT2D eigenvalue weighted by Gasteiger charge is -2.29. The quantitative estimate of drug-likeness (QED) is 0.583. The van der Waals surface area contributed by atoms with Crippen molar-refractivity contribution in [2.45, 2.75) is 24.9 Å². The van der Waals surface area contributed by atoms with Crippen LogP contribution in [0.25, 0.3) is 0 Å². The van der Waals surface area contributed by atoms with Gasteiger partial charge in [-0.15, -0.1) is 0 Å². The van der Waals surface area contributed by atoms with Crippen molar-refractivity contribution in [1.82, 2.24) is 5.06 Å². The third-order valence-electron chi connectivity index (χ3n) is 4.40. The molecule has 2 aromatic carbocycles. The highest BCUT2D eigenvalue weighted by Crippen LogP contribution is 2.31. The first-order valence-corrected chi connectivity index (χ1v) is 8.62. The number of amides is 2. The van der Waals surface area contributed by atoms with Crippen molar-refractivity contribution < 1.29 is 24.7 Å². The molecular formula is C19H17ClN2O5. The predicted molar refractivity (Wildman–Crippen MR) is 97.4 cm³/mol. The highest BCUT2D eigenvalue weighted by Gasteiger charge is 2.45. The van der Waals surface area contributed by atoms with Gasteiger partial charge in [0.25, 0.3) is 5.91 Å². The molecule has 0 saturated carbocycles. The molecular weight excluding hydrogens is 372 g/mol. The summed E-state index contributed by atoms with van der Waals surface area (Å²) in [6, 6.07) is 12.5. The zero-order valence-electron chi connectivity index (χ0n) is 14.2. The van der Waals surface area contributed by atoms with Crippen molar-refractivity contribution in [2.75, 3.05) is 4.90 Å². The van der Waals surface area contributed by atoms with Gasteiger partial charge in [0.05, 0.1) is 24.6 Å². The SMILES string of the molecule is O=C(O)C[C@@H](c1ccccc1)N(O)[C@@H]1CC(=O)N(c2ccc(Cl)cc2)C1=O. The first-order chi connectivity index (χ1) is 12.9. The van der Waals surface area contributed by atoms with Crippen molar-refractivity contribution in [3.8, 4) is 0 Å². The van der Waals surface area contributed by atoms with Crippen molar-refractivity contribution in [3.05, 3.63) is 65.2 Å². The second-order valence-corrected chi connectivity index (χ2v) is 6.60. The monoisotopic (exact) mass is 388 g/mol. The molecule has 0 aliphatic carbocycles. The number of hydroxylamine groups is 2. The number of hydrogen-bond acceptors (Lipinski definition) is 5. The maximum atomic E-state index is 12.8. The van der Waals surface area contributed by atoms with E-state index in [1.807, 2.05) is 0 Å². The van der Waals surface area contributed by atoms with Gasteiger partial charge in [-0.1, -0.05) is 41.9 Å². The first-order valence-electron chi connectivity index (χ1n) is 8.25. The number of benzene rings is 2. The van der Waals surface area contributed by atoms with E-state index in [0.717, 1.165) is 4.90 Å². The number of halogens is 1. The molecule has 0 bridgehead atoms. The van der Waals surface area contributed by atoms with Crippen LogP contribution in [0.5, 0.6) is 0 Å². The van der Waals surface area contributed by atoms with Crippen LogP contribution in [-0.4, -0.2) is 39.2 Å². The fourth-order valence-electron chi connectivity index (χ4n) is 3.11. The van der Waals surface area contributed by atoms with Crippen LogP contribution in [0.1, 0.15) is 24.4 Å². The molecule has 1 saturated heterocycles. The van der Waals surface area contributed by atoms with Gasteiger partial charge in [-0.05, 0) is 29.8 Å². The predicted octanol–water partition coefficient (Wildman–Crippen LogP) is 2.88. The Kier molecular flexibility index (Phi) is 5.55. The molecule has 8 heteroatoms. The molecule has 2 N–H and O–H groups in total. The number of anilines is 1. The van der Waals surface area contributed by atoms with Crippen LogP contribution in [0.15, 0.2) is 54.6 Å². The third-order valence-corrected chi connectivity index (χ3v) is 4.65. The lowest BCUT2D eigenvalue weighted by molar-refractivity contribution is -0.176. The van der Waals surface area contributed by atoms with E-state index in [-0.39, 0.29) is 6.42 Å². The average Bonchev–Trinajstić information content (AvgIpc) is 2.95. The highest BCUT2D eigenvalue weighted by molar-refractivity contribution is 6.30. The van der Waals surface area contributed by atoms with Gasteiger partial charge >= 0.3 is 5.97 Å². The Balaban J connectivity index is 1.87. The van der Waals surface area contributed by atoms with E-state index in [4.69, 9.17) is 11.6 Å². The molecule has 0 aromatic heterocycles. The second-order valence-electron chi connectivity index (χ2n) is 6.17. The minimum atomic E-state index is -1.17. The number of carboxylic acid groups (broad SMARTS) is 1. The minimum Gasteiger partial charge on any atom is -0.481 e. The number of carboxylic acids is 1. The molecule has 0 radical (unpaired) electrons. The van der Waals surface area contributed by atoms with E-state index < -0.39 is 36.3 Å². The van der Waals surface area contributed by atoms with Crippen LogP contribution in [0.4, 0.5) is 5.69 Å². The van der Waals surface area contributed by atoms with E-state index >= 15 is 0 Å². The molecule has 27 heavy (non-hydrogen) atoms. The van der Waals surface area contributed by atoms with E-state index in [2.05, 4.69) is 0 Å². The molecule has 1 aliphatic heterocycles. The van der Waals surface area contributed by atoms with Crippen LogP contribution in [0, 0.1) is 0 Å². The summed E-state index contributed by atoms with van der Waals surface area (Å²) in [6.07, 6.45) is -0.666. The van der Waals surface area contributed by atoms with Gasteiger partial charge in [0.15, 0.2) is 0 Å². The molecule has 3 rings (SSSR count). The Morgan fingerprint density at radius 2 is 1.78 bits per heavy atom. The Labute approximate surface area is 160 Å². The van der Waals surface area contributed by atoms with E-state index in [1.54, 1.807) is 42.5 Å². The average molecular weight is 389 g/mol. The third kappa shape index (κ3) is 4.00. The summed E-state index contributed by atoms with van der Waals surface area (Å²) >= 11 is 5.84. The topological polar surface area (TPSA) is 98.2 Å². The number of nitrogens with zero attached hydrogens (tertiary/aromatic N) is 2. The molecule has 1 fully saturated rings. The first kappa shape index (κ1) is 19.0. The van der Waals surface area contributed by atoms with Gasteiger partial charge < -0.3 is 10.3 Å². The van der Waals surface area contributed by atoms with Gasteiger partial charge in [-0.3, -0.25) is 14.4 Å². The summed E-state index contributed by atoms with van der Waals surface area (Å²) in [7, 11) is 0. The molecule has 140 valence electrons. The fourth-order valence-corrected chi connectivity index (χ4v) is 3.23. The number of rotatable bonds is 6. The smallest absolute Gasteiger partial charge is 0.305 e. The number of aliphatic carboxylic acids is 1. The number of hydrogen-bond donors (Lipinski definition) is 2. The summed E-state index contributed by atoms with van der Waals surface area (Å²) in [5, 5.41) is 21.0. The molecule has 2 amide bonds. The van der Waals surface area contributed by atoms with Crippen LogP contribution in [0.3, 0.4) is 0 Å². The van der Waals surface area contributed by atoms with Gasteiger partial charge in [-0.2, -0.15) is 5.06 Å². The standard InChI is InChI=1S/C19H17ClN2O5/c20-13-6-8-14(9-7-13)21-17(23)10-16(19(21)26)22(27)15(11-18(24)25)12-4-2-1-3-5-12/h1-9,15-16,27H,10-11H2,(H,24,25)/t15-,16+/m0/s1. The maximum Gasteiger partial charge on any atom is 0.305 e. The minimum absolute atomic E-state index is 0.249. The molecule has 0 spiro atoms. The molecule has 2 atom stereocenters. The maximum absolute atomic E-state index is 12.8. The van der Waals surface area contributed by atoms with Gasteiger partial charge in [-0.25, -0.2) is 4.90 Å². The van der Waals surface area contributed by atoms with Gasteiger partial charge in [0.1, 0.15) is 6.04 Å². The van der Waals surface area contributed by atoms with E-state index in [0.29, 0.717) is 21.3 Å². The summed E-state index contributed by atoms with van der Waals surface area (Å²) in [5.74, 6) is -2.22. The van der Waals surface area contributed by atoms with Crippen molar-refractivity contribution in [2.24, 2.45) is 0 Å². The Bertz CT molecular complexity index is 856. The van der Waals surface area contributed by atoms with Crippen molar-refractivity contribution >= 4 is 35.1 Å². The second kappa shape index (κ2) is 7.87. The number of imide groups is 1. The molecule has 1 aliphatic rings. The van der Waals surface area contributed by atoms with Crippen LogP contribution in [0.2, 0.25) is 5.02 Å². The summed E-state index contributed by atoms with van der Waals surface area (Å²) < 4.78 is 0. The summed E-state index contributed by atoms with van der Waals surface area (Å²) in [5.41, 5.74) is 0.882. The summed E-state index contributed by atoms with van der Waals surface area (Å²) in [6.45, 7) is 0. The molecule has 2 aromatic rings. The molecule has 7 nitrogen and oxygen atoms in total. The summed E-state index contributed by atoms with van der Waals surface area (Å²) in [4.78, 5) is 37.4. The Morgan fingerprint density at radius 3 is 2.37 bits per heavy atom. The normalized spacial score (nSPS) is 18.2. The Hall–Kier alpha value is -2.74. The lowest BCUT2D eigenvalue weighted by Crippen LogP contribution is -2.42. The Morgan fingerprint density at radius 1 is 1.15 bits per heavy atom. The fraction of sp³-hybridized carbons (Fsp3) is 0.211. The van der Waals surface area contributed by atoms with E-state index in [9.17, 15) is 24.7 Å². The number of carbonyl (C=O) groups excluding carboxylic acids is 2. The van der Waals surface area contributed by atoms with Crippen molar-refractivity contribution in [1.29, 1.82) is 0 Å². The van der Waals surface area contributed by atoms with Crippen LogP contribution < -0.4 is 4.90 Å². The number of carbonyl (C=O) groups is 3. The highest BCUT2D eigenvalue weighted by atomic mass is 35.5. The lowest BCUT2D eigenvalue weighted by atomic mass is 10.0. The molecule has 0 unspecified atom stereocenters. The zero-order valence-corrected chi connectivity index (χ0v) is 14.9. The zero-order chi connectivity index (χ0) is 19.6. The van der Waals surface area contributed by atoms with Crippen LogP contribution in [-0.2, 0) is 14.4 Å². The van der Waals surface area contributed by atoms with Gasteiger partial charge in [0, 0.05) is 5.02 Å². The van der Waals surface area contributed by atoms with Crippen molar-refractivity contribution in [3.63, 3.8) is 0 Å². The van der Waals surface area contributed by atoms with E-state index in [1.165, 1.54) is 12.1 Å². The largest absolute Gasteiger partial charge is 0.481 e. The molecule has 1 heterocycles. The van der Waals surface area contributed by atoms with Gasteiger partial charge in [0.2, 0.25) is 5.91 Å². The van der Waals surface area contributed by atoms with Crippen LogP contribution >= 0.6 is 11.6 Å².